The van der Waals surface area contributed by atoms with Crippen molar-refractivity contribution in [3.63, 3.8) is 0 Å². The molecular weight excluding hydrogens is 765 g/mol. The number of rotatable bonds is 9. The molecule has 4 aliphatic carbocycles. The number of hydrogen-bond acceptors (Lipinski definition) is 4. The summed E-state index contributed by atoms with van der Waals surface area (Å²) < 4.78 is 0. The fourth-order valence-corrected chi connectivity index (χ4v) is 9.38. The van der Waals surface area contributed by atoms with Crippen LogP contribution in [-0.4, -0.2) is 11.4 Å². The quantitative estimate of drug-likeness (QED) is 0.116. The van der Waals surface area contributed by atoms with E-state index < -0.39 is 0 Å². The van der Waals surface area contributed by atoms with Crippen molar-refractivity contribution in [2.45, 2.75) is 57.5 Å². The zero-order valence-electron chi connectivity index (χ0n) is 35.7. The molecule has 0 radical (unpaired) electrons. The summed E-state index contributed by atoms with van der Waals surface area (Å²) in [6.07, 6.45) is 38.7. The molecule has 2 atom stereocenters. The van der Waals surface area contributed by atoms with Crippen LogP contribution < -0.4 is 10.6 Å². The Balaban J connectivity index is 0.999. The fraction of sp³-hybridized carbons (Fsp3) is 0.169. The molecule has 2 heterocycles. The SMILES string of the molecule is N=C(/C(C1=CC=CCC1)=C1\NC(C2C=CC=CC2)=C(c2ccc(-c3ccc(C4N=C(C5=CC=CCC5)C=C(C5=C=CCCC/C=C/5)N4)cc3)cc2)c2ccccc21)c1ccccc1. The highest BCUT2D eigenvalue weighted by molar-refractivity contribution is 6.18. The van der Waals surface area contributed by atoms with Gasteiger partial charge in [0.15, 0.2) is 0 Å². The van der Waals surface area contributed by atoms with Crippen molar-refractivity contribution >= 4 is 22.7 Å². The lowest BCUT2D eigenvalue weighted by atomic mass is 9.79. The molecule has 10 rings (SSSR count). The Morgan fingerprint density at radius 3 is 2.17 bits per heavy atom. The first-order chi connectivity index (χ1) is 31.2. The molecule has 4 heteroatoms. The van der Waals surface area contributed by atoms with Gasteiger partial charge in [-0.05, 0) is 109 Å². The van der Waals surface area contributed by atoms with E-state index in [1.165, 1.54) is 28.0 Å². The van der Waals surface area contributed by atoms with Gasteiger partial charge in [0.05, 0.1) is 22.8 Å². The number of nitrogens with one attached hydrogen (secondary N) is 3. The minimum absolute atomic E-state index is 0.154. The number of nitrogens with zero attached hydrogens (tertiary/aromatic N) is 1. The van der Waals surface area contributed by atoms with Gasteiger partial charge in [-0.15, -0.1) is 5.73 Å². The Bertz CT molecular complexity index is 2850. The molecule has 4 aromatic carbocycles. The van der Waals surface area contributed by atoms with Crippen LogP contribution in [-0.2, 0) is 0 Å². The topological polar surface area (TPSA) is 60.3 Å². The van der Waals surface area contributed by atoms with E-state index in [2.05, 4.69) is 174 Å². The fourth-order valence-electron chi connectivity index (χ4n) is 9.38. The molecule has 0 saturated heterocycles. The Labute approximate surface area is 372 Å². The van der Waals surface area contributed by atoms with E-state index >= 15 is 0 Å². The number of aliphatic imine (C=N–C) groups is 1. The van der Waals surface area contributed by atoms with E-state index in [9.17, 15) is 5.41 Å². The summed E-state index contributed by atoms with van der Waals surface area (Å²) in [5, 5.41) is 17.5. The van der Waals surface area contributed by atoms with Gasteiger partial charge in [-0.1, -0.05) is 170 Å². The summed E-state index contributed by atoms with van der Waals surface area (Å²) >= 11 is 0. The molecular formula is C59H52N4. The van der Waals surface area contributed by atoms with Crippen molar-refractivity contribution in [2.75, 3.05) is 0 Å². The molecule has 3 N–H and O–H groups in total. The standard InChI is InChI=1S/C59H52N4/c60-56(47-26-14-6-15-27-47)55(45-24-12-5-13-25-45)58-51-31-19-18-30-50(51)54(57(63-58)48-28-16-7-17-29-48)46-36-32-41(33-37-46)42-34-38-49(39-35-42)59-61-52(43-20-8-2-1-3-9-21-43)40-53(62-59)44-22-10-4-11-23-44/h4-10,12,14-20,22,24,26-28,30-40,48,59-61,63H,1-3,11,13,23,25,29H2/b20-8+,58-55-,60-56?. The molecule has 0 aromatic heterocycles. The monoisotopic (exact) mass is 816 g/mol. The van der Waals surface area contributed by atoms with Crippen LogP contribution in [0.2, 0.25) is 0 Å². The first-order valence-electron chi connectivity index (χ1n) is 22.6. The summed E-state index contributed by atoms with van der Waals surface area (Å²) in [6.45, 7) is 0. The second kappa shape index (κ2) is 18.4. The molecule has 4 nitrogen and oxygen atoms in total. The highest BCUT2D eigenvalue weighted by atomic mass is 15.1. The van der Waals surface area contributed by atoms with E-state index in [1.807, 2.05) is 30.3 Å². The molecule has 0 saturated carbocycles. The molecule has 0 amide bonds. The predicted octanol–water partition coefficient (Wildman–Crippen LogP) is 13.9. The summed E-state index contributed by atoms with van der Waals surface area (Å²) in [5.74, 6) is 0.154. The molecule has 0 bridgehead atoms. The third-order valence-electron chi connectivity index (χ3n) is 12.7. The Morgan fingerprint density at radius 2 is 1.43 bits per heavy atom. The Morgan fingerprint density at radius 1 is 0.683 bits per heavy atom. The van der Waals surface area contributed by atoms with E-state index in [0.717, 1.165) is 113 Å². The van der Waals surface area contributed by atoms with Gasteiger partial charge in [-0.3, -0.25) is 10.4 Å². The van der Waals surface area contributed by atoms with Crippen LogP contribution in [0.3, 0.4) is 0 Å². The van der Waals surface area contributed by atoms with E-state index in [-0.39, 0.29) is 12.1 Å². The average Bonchev–Trinajstić information content (AvgIpc) is 3.35. The summed E-state index contributed by atoms with van der Waals surface area (Å²) in [6, 6.07) is 36.9. The molecule has 308 valence electrons. The highest BCUT2D eigenvalue weighted by Crippen LogP contribution is 2.43. The molecule has 4 aromatic rings. The van der Waals surface area contributed by atoms with Crippen LogP contribution in [0.5, 0.6) is 0 Å². The predicted molar refractivity (Wildman–Crippen MR) is 263 cm³/mol. The maximum absolute atomic E-state index is 9.69. The molecule has 63 heavy (non-hydrogen) atoms. The van der Waals surface area contributed by atoms with Gasteiger partial charge >= 0.3 is 0 Å². The molecule has 2 aliphatic heterocycles. The van der Waals surface area contributed by atoms with Gasteiger partial charge in [0.2, 0.25) is 0 Å². The highest BCUT2D eigenvalue weighted by Gasteiger charge is 2.31. The summed E-state index contributed by atoms with van der Waals surface area (Å²) in [5.41, 5.74) is 21.9. The first-order valence-corrected chi connectivity index (χ1v) is 22.6. The number of hydrogen-bond donors (Lipinski definition) is 3. The van der Waals surface area contributed by atoms with Gasteiger partial charge in [0, 0.05) is 39.5 Å². The van der Waals surface area contributed by atoms with Gasteiger partial charge in [0.1, 0.15) is 6.17 Å². The van der Waals surface area contributed by atoms with Crippen LogP contribution in [0.25, 0.3) is 22.4 Å². The third-order valence-corrected chi connectivity index (χ3v) is 12.7. The third kappa shape index (κ3) is 8.51. The smallest absolute Gasteiger partial charge is 0.145 e. The van der Waals surface area contributed by atoms with Crippen molar-refractivity contribution < 1.29 is 0 Å². The van der Waals surface area contributed by atoms with Crippen LogP contribution in [0, 0.1) is 11.3 Å². The molecule has 2 unspecified atom stereocenters. The molecule has 6 aliphatic rings. The zero-order chi connectivity index (χ0) is 42.4. The van der Waals surface area contributed by atoms with Crippen LogP contribution in [0.4, 0.5) is 0 Å². The largest absolute Gasteiger partial charge is 0.359 e. The average molecular weight is 817 g/mol. The van der Waals surface area contributed by atoms with E-state index in [1.54, 1.807) is 0 Å². The van der Waals surface area contributed by atoms with Crippen LogP contribution in [0.1, 0.15) is 85.3 Å². The van der Waals surface area contributed by atoms with Gasteiger partial charge in [0.25, 0.3) is 0 Å². The summed E-state index contributed by atoms with van der Waals surface area (Å²) in [4.78, 5) is 5.27. The minimum atomic E-state index is -0.203. The lowest BCUT2D eigenvalue weighted by Crippen LogP contribution is -2.28. The van der Waals surface area contributed by atoms with Crippen molar-refractivity contribution in [2.24, 2.45) is 10.9 Å². The lowest BCUT2D eigenvalue weighted by Gasteiger charge is -2.33. The summed E-state index contributed by atoms with van der Waals surface area (Å²) in [7, 11) is 0. The van der Waals surface area contributed by atoms with Gasteiger partial charge < -0.3 is 10.6 Å². The van der Waals surface area contributed by atoms with Crippen LogP contribution in [0.15, 0.2) is 233 Å². The van der Waals surface area contributed by atoms with Crippen molar-refractivity contribution in [1.82, 2.24) is 10.6 Å². The molecule has 0 fully saturated rings. The normalized spacial score (nSPS) is 21.6. The second-order valence-corrected chi connectivity index (χ2v) is 16.8. The minimum Gasteiger partial charge on any atom is -0.359 e. The Kier molecular flexibility index (Phi) is 11.6. The van der Waals surface area contributed by atoms with Crippen LogP contribution >= 0.6 is 0 Å². The van der Waals surface area contributed by atoms with Crippen molar-refractivity contribution in [1.29, 1.82) is 5.41 Å². The first kappa shape index (κ1) is 39.9. The zero-order valence-corrected chi connectivity index (χ0v) is 35.7. The van der Waals surface area contributed by atoms with Crippen molar-refractivity contribution in [3.05, 3.63) is 255 Å². The van der Waals surface area contributed by atoms with Crippen molar-refractivity contribution in [3.8, 4) is 11.1 Å². The van der Waals surface area contributed by atoms with Gasteiger partial charge in [-0.25, -0.2) is 0 Å². The number of benzene rings is 4. The maximum atomic E-state index is 9.69. The number of allylic oxidation sites excluding steroid dienone is 16. The van der Waals surface area contributed by atoms with E-state index in [4.69, 9.17) is 4.99 Å². The maximum Gasteiger partial charge on any atom is 0.145 e. The molecule has 0 spiro atoms. The lowest BCUT2D eigenvalue weighted by molar-refractivity contribution is 0.625. The number of fused-ring (bicyclic) bond motifs is 1. The van der Waals surface area contributed by atoms with E-state index in [0.29, 0.717) is 5.71 Å². The van der Waals surface area contributed by atoms with Gasteiger partial charge in [-0.2, -0.15) is 0 Å². The Hall–Kier alpha value is -7.26. The second-order valence-electron chi connectivity index (χ2n) is 16.8.